The molecule has 1 amide bonds. The van der Waals surface area contributed by atoms with Crippen molar-refractivity contribution in [2.75, 3.05) is 5.32 Å². The lowest BCUT2D eigenvalue weighted by atomic mass is 10.0. The summed E-state index contributed by atoms with van der Waals surface area (Å²) in [5.74, 6) is 0.578. The van der Waals surface area contributed by atoms with Gasteiger partial charge in [-0.2, -0.15) is 9.61 Å². The Kier molecular flexibility index (Phi) is 6.11. The molecular formula is C24H19BrN6OS2. The molecule has 3 aromatic carbocycles. The zero-order chi connectivity index (χ0) is 23.8. The highest BCUT2D eigenvalue weighted by Gasteiger charge is 2.15. The number of hydrogen-bond donors (Lipinski definition) is 2. The van der Waals surface area contributed by atoms with Gasteiger partial charge in [-0.1, -0.05) is 58.5 Å². The van der Waals surface area contributed by atoms with Crippen molar-refractivity contribution < 1.29 is 4.79 Å². The van der Waals surface area contributed by atoms with Gasteiger partial charge in [0.1, 0.15) is 5.01 Å². The number of carbonyl (C=O) groups excluding carboxylic acids is 1. The van der Waals surface area contributed by atoms with E-state index in [1.165, 1.54) is 11.3 Å². The molecule has 5 aromatic rings. The van der Waals surface area contributed by atoms with Gasteiger partial charge >= 0.3 is 0 Å². The third-order valence-corrected chi connectivity index (χ3v) is 7.28. The van der Waals surface area contributed by atoms with Crippen LogP contribution in [0.2, 0.25) is 0 Å². The van der Waals surface area contributed by atoms with Crippen molar-refractivity contribution in [1.29, 1.82) is 0 Å². The normalized spacial score (nSPS) is 11.1. The van der Waals surface area contributed by atoms with Gasteiger partial charge in [0.25, 0.3) is 5.91 Å². The lowest BCUT2D eigenvalue weighted by Crippen LogP contribution is -2.34. The van der Waals surface area contributed by atoms with Crippen molar-refractivity contribution in [2.45, 2.75) is 20.3 Å². The van der Waals surface area contributed by atoms with Gasteiger partial charge < -0.3 is 5.32 Å². The first-order valence-corrected chi connectivity index (χ1v) is 12.6. The molecule has 34 heavy (non-hydrogen) atoms. The number of halogens is 1. The molecule has 0 aliphatic rings. The van der Waals surface area contributed by atoms with Crippen molar-refractivity contribution in [3.05, 3.63) is 76.0 Å². The molecule has 0 saturated carbocycles. The Morgan fingerprint density at radius 1 is 1.12 bits per heavy atom. The molecule has 170 valence electrons. The summed E-state index contributed by atoms with van der Waals surface area (Å²) in [5.41, 5.74) is 3.33. The average molecular weight is 551 g/mol. The van der Waals surface area contributed by atoms with Gasteiger partial charge in [0.15, 0.2) is 10.9 Å². The molecule has 10 heteroatoms. The monoisotopic (exact) mass is 550 g/mol. The number of thiocarbonyl (C=S) groups is 1. The molecule has 0 radical (unpaired) electrons. The molecule has 2 aromatic heterocycles. The molecule has 0 fully saturated rings. The summed E-state index contributed by atoms with van der Waals surface area (Å²) in [5, 5.41) is 21.8. The van der Waals surface area contributed by atoms with Crippen molar-refractivity contribution >= 4 is 71.9 Å². The first kappa shape index (κ1) is 22.6. The molecule has 0 bridgehead atoms. The molecule has 0 saturated heterocycles. The van der Waals surface area contributed by atoms with Gasteiger partial charge in [0.2, 0.25) is 4.96 Å². The van der Waals surface area contributed by atoms with Gasteiger partial charge in [-0.25, -0.2) is 0 Å². The molecule has 0 aliphatic carbocycles. The number of aromatic nitrogens is 4. The van der Waals surface area contributed by atoms with Crippen molar-refractivity contribution in [1.82, 2.24) is 25.1 Å². The van der Waals surface area contributed by atoms with E-state index < -0.39 is 0 Å². The number of hydrogen-bond acceptors (Lipinski definition) is 6. The van der Waals surface area contributed by atoms with Crippen molar-refractivity contribution in [3.63, 3.8) is 0 Å². The fourth-order valence-corrected chi connectivity index (χ4v) is 5.28. The smallest absolute Gasteiger partial charge is 0.258 e. The van der Waals surface area contributed by atoms with Crippen LogP contribution < -0.4 is 10.6 Å². The Morgan fingerprint density at radius 2 is 1.91 bits per heavy atom. The second-order valence-corrected chi connectivity index (χ2v) is 9.87. The van der Waals surface area contributed by atoms with Gasteiger partial charge in [0, 0.05) is 27.7 Å². The lowest BCUT2D eigenvalue weighted by Gasteiger charge is -2.13. The van der Waals surface area contributed by atoms with Crippen LogP contribution in [0.4, 0.5) is 5.69 Å². The number of anilines is 1. The van der Waals surface area contributed by atoms with Crippen molar-refractivity contribution in [3.8, 4) is 10.6 Å². The first-order chi connectivity index (χ1) is 16.4. The molecule has 7 nitrogen and oxygen atoms in total. The molecular weight excluding hydrogens is 532 g/mol. The van der Waals surface area contributed by atoms with Crippen molar-refractivity contribution in [2.24, 2.45) is 0 Å². The number of amides is 1. The lowest BCUT2D eigenvalue weighted by molar-refractivity contribution is 0.0979. The fraction of sp³-hybridized carbons (Fsp3) is 0.125. The second-order valence-electron chi connectivity index (χ2n) is 7.65. The van der Waals surface area contributed by atoms with Crippen LogP contribution in [0.15, 0.2) is 59.1 Å². The van der Waals surface area contributed by atoms with E-state index in [-0.39, 0.29) is 11.0 Å². The summed E-state index contributed by atoms with van der Waals surface area (Å²) in [4.78, 5) is 13.7. The van der Waals surface area contributed by atoms with E-state index >= 15 is 0 Å². The van der Waals surface area contributed by atoms with Gasteiger partial charge in [-0.3, -0.25) is 10.1 Å². The van der Waals surface area contributed by atoms with E-state index in [1.54, 1.807) is 10.6 Å². The number of fused-ring (bicyclic) bond motifs is 2. The molecule has 2 N–H and O–H groups in total. The zero-order valence-electron chi connectivity index (χ0n) is 18.3. The fourth-order valence-electron chi connectivity index (χ4n) is 3.73. The maximum Gasteiger partial charge on any atom is 0.258 e. The third-order valence-electron chi connectivity index (χ3n) is 5.43. The van der Waals surface area contributed by atoms with Gasteiger partial charge in [-0.15, -0.1) is 10.2 Å². The highest BCUT2D eigenvalue weighted by atomic mass is 79.9. The molecule has 0 aliphatic heterocycles. The molecule has 0 spiro atoms. The summed E-state index contributed by atoms with van der Waals surface area (Å²) < 4.78 is 2.73. The van der Waals surface area contributed by atoms with Crippen LogP contribution in [-0.2, 0) is 6.42 Å². The van der Waals surface area contributed by atoms with Gasteiger partial charge in [0.05, 0.1) is 0 Å². The number of aryl methyl sites for hydroxylation is 2. The molecule has 0 unspecified atom stereocenters. The first-order valence-electron chi connectivity index (χ1n) is 10.6. The standard InChI is InChI=1S/C24H19BrN6OS2/c1-3-20-28-29-24-31(20)30-22(34-24)14-10-11-19(13(2)12-14)26-23(33)27-21(32)17-8-4-7-16-15(17)6-5-9-18(16)25/h4-12H,3H2,1-2H3,(H2,26,27,32,33). The number of carbonyl (C=O) groups is 1. The molecule has 2 heterocycles. The maximum atomic E-state index is 12.9. The maximum absolute atomic E-state index is 12.9. The molecule has 0 atom stereocenters. The van der Waals surface area contributed by atoms with Crippen LogP contribution in [0.1, 0.15) is 28.7 Å². The average Bonchev–Trinajstić information content (AvgIpc) is 3.41. The van der Waals surface area contributed by atoms with E-state index in [0.29, 0.717) is 5.56 Å². The minimum atomic E-state index is -0.262. The highest BCUT2D eigenvalue weighted by Crippen LogP contribution is 2.29. The topological polar surface area (TPSA) is 84.2 Å². The number of benzene rings is 3. The molecule has 5 rings (SSSR count). The minimum absolute atomic E-state index is 0.235. The minimum Gasteiger partial charge on any atom is -0.332 e. The Balaban J connectivity index is 1.32. The van der Waals surface area contributed by atoms with E-state index in [1.807, 2.05) is 62.4 Å². The van der Waals surface area contributed by atoms with Gasteiger partial charge in [-0.05, 0) is 65.8 Å². The van der Waals surface area contributed by atoms with E-state index in [9.17, 15) is 4.79 Å². The third kappa shape index (κ3) is 4.20. The summed E-state index contributed by atoms with van der Waals surface area (Å²) in [6, 6.07) is 17.3. The van der Waals surface area contributed by atoms with Crippen LogP contribution in [0, 0.1) is 6.92 Å². The number of rotatable bonds is 4. The highest BCUT2D eigenvalue weighted by molar-refractivity contribution is 9.10. The Bertz CT molecular complexity index is 1570. The quantitative estimate of drug-likeness (QED) is 0.276. The van der Waals surface area contributed by atoms with Crippen LogP contribution in [0.5, 0.6) is 0 Å². The summed E-state index contributed by atoms with van der Waals surface area (Å²) in [7, 11) is 0. The van der Waals surface area contributed by atoms with Crippen LogP contribution >= 0.6 is 39.5 Å². The Morgan fingerprint density at radius 3 is 2.71 bits per heavy atom. The predicted molar refractivity (Wildman–Crippen MR) is 144 cm³/mol. The summed E-state index contributed by atoms with van der Waals surface area (Å²) >= 11 is 10.5. The Labute approximate surface area is 213 Å². The largest absolute Gasteiger partial charge is 0.332 e. The van der Waals surface area contributed by atoms with E-state index in [4.69, 9.17) is 12.2 Å². The van der Waals surface area contributed by atoms with E-state index in [2.05, 4.69) is 41.9 Å². The Hall–Kier alpha value is -3.21. The zero-order valence-corrected chi connectivity index (χ0v) is 21.5. The summed E-state index contributed by atoms with van der Waals surface area (Å²) in [6.07, 6.45) is 0.769. The van der Waals surface area contributed by atoms with Crippen LogP contribution in [-0.4, -0.2) is 30.8 Å². The number of nitrogens with one attached hydrogen (secondary N) is 2. The summed E-state index contributed by atoms with van der Waals surface area (Å²) in [6.45, 7) is 4.01. The number of nitrogens with zero attached hydrogens (tertiary/aromatic N) is 4. The predicted octanol–water partition coefficient (Wildman–Crippen LogP) is 5.77. The second kappa shape index (κ2) is 9.21. The van der Waals surface area contributed by atoms with Crippen LogP contribution in [0.25, 0.3) is 26.3 Å². The van der Waals surface area contributed by atoms with Crippen LogP contribution in [0.3, 0.4) is 0 Å². The SMILES string of the molecule is CCc1nnc2sc(-c3ccc(NC(=S)NC(=O)c4cccc5c(Br)cccc45)c(C)c3)nn12. The van der Waals surface area contributed by atoms with E-state index in [0.717, 1.165) is 54.3 Å².